The molecule has 2 aromatic carbocycles. The number of hydrogen-bond donors (Lipinski definition) is 1. The number of para-hydroxylation sites is 1. The van der Waals surface area contributed by atoms with E-state index in [2.05, 4.69) is 20.8 Å². The molecule has 1 amide bonds. The van der Waals surface area contributed by atoms with E-state index in [9.17, 15) is 13.2 Å². The van der Waals surface area contributed by atoms with Crippen molar-refractivity contribution in [3.8, 4) is 5.69 Å². The molecule has 2 heterocycles. The molecule has 0 aliphatic carbocycles. The van der Waals surface area contributed by atoms with Gasteiger partial charge in [-0.15, -0.1) is 5.10 Å². The van der Waals surface area contributed by atoms with Gasteiger partial charge in [-0.25, -0.2) is 8.42 Å². The molecular formula is C19H20N6O3S. The van der Waals surface area contributed by atoms with Crippen LogP contribution >= 0.6 is 0 Å². The third-order valence-corrected chi connectivity index (χ3v) is 6.67. The number of aromatic nitrogens is 4. The Balaban J connectivity index is 1.43. The summed E-state index contributed by atoms with van der Waals surface area (Å²) in [4.78, 5) is 12.7. The van der Waals surface area contributed by atoms with E-state index in [1.165, 1.54) is 28.6 Å². The van der Waals surface area contributed by atoms with Crippen LogP contribution in [0.2, 0.25) is 0 Å². The SMILES string of the molecule is O=C(NCc1nnnn1-c1ccccc1)c1ccc(S(=O)(=O)N2CCCC2)cc1. The first kappa shape index (κ1) is 19.2. The summed E-state index contributed by atoms with van der Waals surface area (Å²) in [5.41, 5.74) is 1.15. The first-order valence-corrected chi connectivity index (χ1v) is 10.7. The maximum Gasteiger partial charge on any atom is 0.251 e. The fraction of sp³-hybridized carbons (Fsp3) is 0.263. The average Bonchev–Trinajstić information content (AvgIpc) is 3.45. The number of tetrazole rings is 1. The predicted molar refractivity (Wildman–Crippen MR) is 105 cm³/mol. The Morgan fingerprint density at radius 2 is 1.69 bits per heavy atom. The van der Waals surface area contributed by atoms with Crippen LogP contribution in [0.5, 0.6) is 0 Å². The molecule has 29 heavy (non-hydrogen) atoms. The first-order valence-electron chi connectivity index (χ1n) is 9.27. The van der Waals surface area contributed by atoms with Gasteiger partial charge in [0, 0.05) is 18.7 Å². The van der Waals surface area contributed by atoms with Gasteiger partial charge in [-0.2, -0.15) is 8.99 Å². The third-order valence-electron chi connectivity index (χ3n) is 4.76. The molecule has 150 valence electrons. The number of amides is 1. The zero-order valence-electron chi connectivity index (χ0n) is 15.6. The highest BCUT2D eigenvalue weighted by molar-refractivity contribution is 7.89. The Hall–Kier alpha value is -3.11. The number of carbonyl (C=O) groups excluding carboxylic acids is 1. The van der Waals surface area contributed by atoms with Crippen molar-refractivity contribution in [3.05, 3.63) is 66.0 Å². The summed E-state index contributed by atoms with van der Waals surface area (Å²) in [7, 11) is -3.49. The van der Waals surface area contributed by atoms with Crippen molar-refractivity contribution in [1.29, 1.82) is 0 Å². The first-order chi connectivity index (χ1) is 14.1. The highest BCUT2D eigenvalue weighted by Gasteiger charge is 2.27. The zero-order valence-corrected chi connectivity index (χ0v) is 16.4. The smallest absolute Gasteiger partial charge is 0.251 e. The van der Waals surface area contributed by atoms with Crippen LogP contribution in [0.25, 0.3) is 5.69 Å². The Kier molecular flexibility index (Phi) is 5.36. The van der Waals surface area contributed by atoms with Gasteiger partial charge in [0.05, 0.1) is 17.1 Å². The van der Waals surface area contributed by atoms with Crippen LogP contribution in [0.4, 0.5) is 0 Å². The number of nitrogens with one attached hydrogen (secondary N) is 1. The molecule has 1 saturated heterocycles. The van der Waals surface area contributed by atoms with Crippen LogP contribution in [0.15, 0.2) is 59.5 Å². The lowest BCUT2D eigenvalue weighted by Gasteiger charge is -2.15. The van der Waals surface area contributed by atoms with E-state index in [1.54, 1.807) is 4.68 Å². The largest absolute Gasteiger partial charge is 0.345 e. The van der Waals surface area contributed by atoms with E-state index >= 15 is 0 Å². The molecule has 1 aliphatic heterocycles. The molecule has 0 atom stereocenters. The normalized spacial score (nSPS) is 14.8. The topological polar surface area (TPSA) is 110 Å². The van der Waals surface area contributed by atoms with Crippen molar-refractivity contribution in [3.63, 3.8) is 0 Å². The van der Waals surface area contributed by atoms with E-state index < -0.39 is 10.0 Å². The van der Waals surface area contributed by atoms with E-state index in [0.29, 0.717) is 24.5 Å². The van der Waals surface area contributed by atoms with Crippen molar-refractivity contribution in [2.45, 2.75) is 24.3 Å². The van der Waals surface area contributed by atoms with Gasteiger partial charge in [0.25, 0.3) is 5.91 Å². The quantitative estimate of drug-likeness (QED) is 0.655. The maximum absolute atomic E-state index is 12.6. The lowest BCUT2D eigenvalue weighted by Crippen LogP contribution is -2.28. The van der Waals surface area contributed by atoms with Crippen LogP contribution in [0.3, 0.4) is 0 Å². The molecule has 10 heteroatoms. The monoisotopic (exact) mass is 412 g/mol. The van der Waals surface area contributed by atoms with Crippen molar-refractivity contribution in [2.75, 3.05) is 13.1 Å². The van der Waals surface area contributed by atoms with E-state index in [1.807, 2.05) is 30.3 Å². The van der Waals surface area contributed by atoms with Crippen molar-refractivity contribution < 1.29 is 13.2 Å². The second kappa shape index (κ2) is 8.10. The summed E-state index contributed by atoms with van der Waals surface area (Å²) in [6.07, 6.45) is 1.75. The summed E-state index contributed by atoms with van der Waals surface area (Å²) in [6, 6.07) is 15.3. The molecule has 0 bridgehead atoms. The van der Waals surface area contributed by atoms with Crippen LogP contribution in [-0.2, 0) is 16.6 Å². The number of nitrogens with zero attached hydrogens (tertiary/aromatic N) is 5. The molecule has 1 fully saturated rings. The zero-order chi connectivity index (χ0) is 20.3. The highest BCUT2D eigenvalue weighted by Crippen LogP contribution is 2.21. The lowest BCUT2D eigenvalue weighted by molar-refractivity contribution is 0.0949. The van der Waals surface area contributed by atoms with Gasteiger partial charge in [-0.05, 0) is 59.7 Å². The second-order valence-corrected chi connectivity index (χ2v) is 8.60. The Morgan fingerprint density at radius 1 is 1.00 bits per heavy atom. The molecule has 1 aliphatic rings. The van der Waals surface area contributed by atoms with Gasteiger partial charge in [0.1, 0.15) is 0 Å². The minimum absolute atomic E-state index is 0.133. The predicted octanol–water partition coefficient (Wildman–Crippen LogP) is 1.38. The lowest BCUT2D eigenvalue weighted by atomic mass is 10.2. The van der Waals surface area contributed by atoms with Gasteiger partial charge in [-0.3, -0.25) is 4.79 Å². The van der Waals surface area contributed by atoms with Crippen molar-refractivity contribution >= 4 is 15.9 Å². The second-order valence-electron chi connectivity index (χ2n) is 6.66. The van der Waals surface area contributed by atoms with Gasteiger partial charge >= 0.3 is 0 Å². The summed E-state index contributed by atoms with van der Waals surface area (Å²) >= 11 is 0. The molecule has 3 aromatic rings. The van der Waals surface area contributed by atoms with Crippen LogP contribution in [-0.4, -0.2) is 51.9 Å². The third kappa shape index (κ3) is 4.03. The number of benzene rings is 2. The van der Waals surface area contributed by atoms with E-state index in [-0.39, 0.29) is 17.3 Å². The van der Waals surface area contributed by atoms with E-state index in [0.717, 1.165) is 18.5 Å². The Labute approximate surface area is 168 Å². The standard InChI is InChI=1S/C19H20N6O3S/c26-19(20-14-18-21-22-23-25(18)16-6-2-1-3-7-16)15-8-10-17(11-9-15)29(27,28)24-12-4-5-13-24/h1-3,6-11H,4-5,12-14H2,(H,20,26). The molecule has 1 aromatic heterocycles. The molecule has 9 nitrogen and oxygen atoms in total. The van der Waals surface area contributed by atoms with Gasteiger partial charge in [0.15, 0.2) is 5.82 Å². The molecule has 4 rings (SSSR count). The highest BCUT2D eigenvalue weighted by atomic mass is 32.2. The molecule has 0 spiro atoms. The molecular weight excluding hydrogens is 392 g/mol. The molecule has 0 saturated carbocycles. The summed E-state index contributed by atoms with van der Waals surface area (Å²) in [5.74, 6) is 0.149. The van der Waals surface area contributed by atoms with Crippen LogP contribution < -0.4 is 5.32 Å². The Bertz CT molecular complexity index is 1090. The summed E-state index contributed by atoms with van der Waals surface area (Å²) < 4.78 is 28.2. The van der Waals surface area contributed by atoms with Crippen LogP contribution in [0, 0.1) is 0 Å². The summed E-state index contributed by atoms with van der Waals surface area (Å²) in [5, 5.41) is 14.3. The van der Waals surface area contributed by atoms with Crippen LogP contribution in [0.1, 0.15) is 29.0 Å². The fourth-order valence-corrected chi connectivity index (χ4v) is 4.72. The van der Waals surface area contributed by atoms with Gasteiger partial charge in [-0.1, -0.05) is 18.2 Å². The minimum atomic E-state index is -3.49. The molecule has 1 N–H and O–H groups in total. The average molecular weight is 412 g/mol. The number of carbonyl (C=O) groups is 1. The van der Waals surface area contributed by atoms with Crippen molar-refractivity contribution in [1.82, 2.24) is 29.8 Å². The number of hydrogen-bond acceptors (Lipinski definition) is 6. The van der Waals surface area contributed by atoms with Gasteiger partial charge < -0.3 is 5.32 Å². The number of sulfonamides is 1. The van der Waals surface area contributed by atoms with Gasteiger partial charge in [0.2, 0.25) is 10.0 Å². The van der Waals surface area contributed by atoms with Crippen molar-refractivity contribution in [2.24, 2.45) is 0 Å². The Morgan fingerprint density at radius 3 is 2.38 bits per heavy atom. The minimum Gasteiger partial charge on any atom is -0.345 e. The number of rotatable bonds is 6. The van der Waals surface area contributed by atoms with E-state index in [4.69, 9.17) is 0 Å². The molecule has 0 unspecified atom stereocenters. The molecule has 0 radical (unpaired) electrons. The summed E-state index contributed by atoms with van der Waals surface area (Å²) in [6.45, 7) is 1.22. The maximum atomic E-state index is 12.6. The fourth-order valence-electron chi connectivity index (χ4n) is 3.20.